The Morgan fingerprint density at radius 3 is 2.26 bits per heavy atom. The Balaban J connectivity index is 2.17. The molecule has 2 aromatic carbocycles. The highest BCUT2D eigenvalue weighted by Gasteiger charge is 2.42. The highest BCUT2D eigenvalue weighted by molar-refractivity contribution is 5.69. The molecule has 0 saturated carbocycles. The predicted molar refractivity (Wildman–Crippen MR) is 68.7 cm³/mol. The van der Waals surface area contributed by atoms with E-state index in [0.29, 0.717) is 16.8 Å². The van der Waals surface area contributed by atoms with Crippen molar-refractivity contribution in [2.45, 2.75) is 18.5 Å². The zero-order chi connectivity index (χ0) is 13.5. The van der Waals surface area contributed by atoms with Crippen molar-refractivity contribution < 1.29 is 13.2 Å². The number of anilines is 2. The Bertz CT molecular complexity index is 604. The lowest BCUT2D eigenvalue weighted by Crippen LogP contribution is -2.22. The molecule has 0 fully saturated rings. The van der Waals surface area contributed by atoms with E-state index in [9.17, 15) is 13.2 Å². The number of halogens is 3. The first-order chi connectivity index (χ1) is 9.05. The van der Waals surface area contributed by atoms with Gasteiger partial charge in [0.15, 0.2) is 0 Å². The fourth-order valence-electron chi connectivity index (χ4n) is 2.50. The molecule has 0 bridgehead atoms. The minimum Gasteiger partial charge on any atom is -0.355 e. The van der Waals surface area contributed by atoms with Crippen molar-refractivity contribution in [3.8, 4) is 0 Å². The van der Waals surface area contributed by atoms with Gasteiger partial charge in [-0.3, -0.25) is 0 Å². The molecule has 3 rings (SSSR count). The second-order valence-corrected chi connectivity index (χ2v) is 4.67. The summed E-state index contributed by atoms with van der Waals surface area (Å²) in [7, 11) is 0. The number of para-hydroxylation sites is 2. The monoisotopic (exact) mass is 263 g/mol. The molecule has 98 valence electrons. The van der Waals surface area contributed by atoms with Gasteiger partial charge in [-0.1, -0.05) is 36.4 Å². The normalized spacial score (nSPS) is 17.9. The third kappa shape index (κ3) is 2.18. The van der Waals surface area contributed by atoms with Crippen LogP contribution in [0.25, 0.3) is 0 Å². The standard InChI is InChI=1S/C15H12F3N/c16-15(17,18)12-9-10-5-1-3-7-13(10)19-14-8-4-2-6-11(12)14/h1-8,12,19H,9H2. The van der Waals surface area contributed by atoms with Gasteiger partial charge in [-0.15, -0.1) is 0 Å². The maximum absolute atomic E-state index is 13.3. The van der Waals surface area contributed by atoms with E-state index in [4.69, 9.17) is 0 Å². The lowest BCUT2D eigenvalue weighted by Gasteiger charge is -2.20. The fourth-order valence-corrected chi connectivity index (χ4v) is 2.50. The first kappa shape index (κ1) is 12.1. The minimum atomic E-state index is -4.24. The average molecular weight is 263 g/mol. The van der Waals surface area contributed by atoms with Crippen molar-refractivity contribution in [3.63, 3.8) is 0 Å². The number of rotatable bonds is 0. The molecule has 0 amide bonds. The van der Waals surface area contributed by atoms with Crippen LogP contribution in [0.2, 0.25) is 0 Å². The van der Waals surface area contributed by atoms with Crippen LogP contribution in [0.4, 0.5) is 24.5 Å². The first-order valence-corrected chi connectivity index (χ1v) is 6.06. The van der Waals surface area contributed by atoms with Gasteiger partial charge in [0, 0.05) is 11.4 Å². The van der Waals surface area contributed by atoms with Crippen LogP contribution in [-0.2, 0) is 6.42 Å². The summed E-state index contributed by atoms with van der Waals surface area (Å²) in [6, 6.07) is 13.8. The van der Waals surface area contributed by atoms with E-state index in [-0.39, 0.29) is 6.42 Å². The van der Waals surface area contributed by atoms with Crippen molar-refractivity contribution >= 4 is 11.4 Å². The predicted octanol–water partition coefficient (Wildman–Crippen LogP) is 4.63. The topological polar surface area (TPSA) is 12.0 Å². The Kier molecular flexibility index (Phi) is 2.73. The maximum atomic E-state index is 13.3. The number of benzene rings is 2. The molecule has 1 atom stereocenters. The van der Waals surface area contributed by atoms with E-state index < -0.39 is 12.1 Å². The van der Waals surface area contributed by atoms with E-state index >= 15 is 0 Å². The van der Waals surface area contributed by atoms with Crippen LogP contribution in [0.15, 0.2) is 48.5 Å². The average Bonchev–Trinajstić information content (AvgIpc) is 2.54. The molecule has 4 heteroatoms. The Labute approximate surface area is 109 Å². The molecular formula is C15H12F3N. The van der Waals surface area contributed by atoms with Crippen LogP contribution in [0, 0.1) is 0 Å². The second-order valence-electron chi connectivity index (χ2n) is 4.67. The Morgan fingerprint density at radius 2 is 1.53 bits per heavy atom. The summed E-state index contributed by atoms with van der Waals surface area (Å²) in [5.41, 5.74) is 2.30. The molecule has 0 spiro atoms. The summed E-state index contributed by atoms with van der Waals surface area (Å²) >= 11 is 0. The number of fused-ring (bicyclic) bond motifs is 2. The Morgan fingerprint density at radius 1 is 0.895 bits per heavy atom. The van der Waals surface area contributed by atoms with Crippen LogP contribution < -0.4 is 5.32 Å². The van der Waals surface area contributed by atoms with Gasteiger partial charge in [0.25, 0.3) is 0 Å². The molecule has 1 aliphatic rings. The molecule has 1 nitrogen and oxygen atoms in total. The first-order valence-electron chi connectivity index (χ1n) is 6.06. The van der Waals surface area contributed by atoms with E-state index in [0.717, 1.165) is 5.69 Å². The van der Waals surface area contributed by atoms with Gasteiger partial charge in [-0.2, -0.15) is 13.2 Å². The summed E-state index contributed by atoms with van der Waals surface area (Å²) in [5.74, 6) is -1.46. The number of hydrogen-bond acceptors (Lipinski definition) is 1. The van der Waals surface area contributed by atoms with Gasteiger partial charge in [0.05, 0.1) is 5.92 Å². The highest BCUT2D eigenvalue weighted by atomic mass is 19.4. The molecular weight excluding hydrogens is 251 g/mol. The van der Waals surface area contributed by atoms with Crippen LogP contribution >= 0.6 is 0 Å². The summed E-state index contributed by atoms with van der Waals surface area (Å²) in [5, 5.41) is 3.11. The van der Waals surface area contributed by atoms with Crippen molar-refractivity contribution in [1.29, 1.82) is 0 Å². The second kappa shape index (κ2) is 4.30. The molecule has 1 heterocycles. The molecule has 1 N–H and O–H groups in total. The van der Waals surface area contributed by atoms with Crippen LogP contribution in [0.3, 0.4) is 0 Å². The van der Waals surface area contributed by atoms with Crippen LogP contribution in [0.1, 0.15) is 17.0 Å². The van der Waals surface area contributed by atoms with Gasteiger partial charge in [-0.25, -0.2) is 0 Å². The van der Waals surface area contributed by atoms with Crippen molar-refractivity contribution in [2.24, 2.45) is 0 Å². The lowest BCUT2D eigenvalue weighted by atomic mass is 9.91. The smallest absolute Gasteiger partial charge is 0.355 e. The summed E-state index contributed by atoms with van der Waals surface area (Å²) in [4.78, 5) is 0. The lowest BCUT2D eigenvalue weighted by molar-refractivity contribution is -0.150. The summed E-state index contributed by atoms with van der Waals surface area (Å²) < 4.78 is 39.8. The minimum absolute atomic E-state index is 0.0241. The maximum Gasteiger partial charge on any atom is 0.396 e. The number of alkyl halides is 3. The summed E-state index contributed by atoms with van der Waals surface area (Å²) in [6.45, 7) is 0. The molecule has 2 aromatic rings. The van der Waals surface area contributed by atoms with Gasteiger partial charge in [0.1, 0.15) is 0 Å². The van der Waals surface area contributed by atoms with Gasteiger partial charge in [-0.05, 0) is 29.7 Å². The number of hydrogen-bond donors (Lipinski definition) is 1. The number of nitrogens with one attached hydrogen (secondary N) is 1. The quantitative estimate of drug-likeness (QED) is 0.730. The highest BCUT2D eigenvalue weighted by Crippen LogP contribution is 2.44. The zero-order valence-electron chi connectivity index (χ0n) is 10.0. The van der Waals surface area contributed by atoms with E-state index in [2.05, 4.69) is 5.32 Å². The third-order valence-corrected chi connectivity index (χ3v) is 3.44. The molecule has 0 radical (unpaired) electrons. The molecule has 0 aliphatic carbocycles. The van der Waals surface area contributed by atoms with Crippen molar-refractivity contribution in [3.05, 3.63) is 59.7 Å². The van der Waals surface area contributed by atoms with Crippen LogP contribution in [-0.4, -0.2) is 6.18 Å². The van der Waals surface area contributed by atoms with Gasteiger partial charge < -0.3 is 5.32 Å². The molecule has 1 unspecified atom stereocenters. The molecule has 19 heavy (non-hydrogen) atoms. The summed E-state index contributed by atoms with van der Waals surface area (Å²) in [6.07, 6.45) is -4.26. The van der Waals surface area contributed by atoms with Crippen LogP contribution in [0.5, 0.6) is 0 Å². The zero-order valence-corrected chi connectivity index (χ0v) is 10.0. The molecule has 1 aliphatic heterocycles. The van der Waals surface area contributed by atoms with Gasteiger partial charge in [0.2, 0.25) is 0 Å². The Hall–Kier alpha value is -1.97. The molecule has 0 aromatic heterocycles. The third-order valence-electron chi connectivity index (χ3n) is 3.44. The van der Waals surface area contributed by atoms with E-state index in [1.807, 2.05) is 12.1 Å². The SMILES string of the molecule is FC(F)(F)C1Cc2ccccc2Nc2ccccc21. The van der Waals surface area contributed by atoms with Crippen molar-refractivity contribution in [2.75, 3.05) is 5.32 Å². The van der Waals surface area contributed by atoms with Gasteiger partial charge >= 0.3 is 6.18 Å². The largest absolute Gasteiger partial charge is 0.396 e. The fraction of sp³-hybridized carbons (Fsp3) is 0.200. The molecule has 0 saturated heterocycles. The van der Waals surface area contributed by atoms with Crippen molar-refractivity contribution in [1.82, 2.24) is 0 Å². The van der Waals surface area contributed by atoms with E-state index in [1.165, 1.54) is 0 Å². The van der Waals surface area contributed by atoms with E-state index in [1.54, 1.807) is 36.4 Å².